The number of amides is 1. The molecule has 0 fully saturated rings. The number of para-hydroxylation sites is 1. The molecule has 1 heterocycles. The molecular weight excluding hydrogens is 224 g/mol. The molecule has 0 aliphatic heterocycles. The molecule has 0 aliphatic carbocycles. The van der Waals surface area contributed by atoms with Crippen LogP contribution in [0.15, 0.2) is 30.3 Å². The van der Waals surface area contributed by atoms with Gasteiger partial charge < -0.3 is 9.88 Å². The third-order valence-corrected chi connectivity index (χ3v) is 2.83. The first kappa shape index (κ1) is 12.7. The monoisotopic (exact) mass is 244 g/mol. The average molecular weight is 244 g/mol. The van der Waals surface area contributed by atoms with Crippen LogP contribution in [0, 0.1) is 6.92 Å². The zero-order chi connectivity index (χ0) is 13.3. The van der Waals surface area contributed by atoms with Gasteiger partial charge in [-0.15, -0.1) is 0 Å². The van der Waals surface area contributed by atoms with Crippen molar-refractivity contribution in [3.8, 4) is 0 Å². The zero-order valence-corrected chi connectivity index (χ0v) is 11.4. The maximum atomic E-state index is 12.0. The van der Waals surface area contributed by atoms with E-state index >= 15 is 0 Å². The molecule has 0 spiro atoms. The molecule has 0 unspecified atom stereocenters. The molecule has 0 bridgehead atoms. The predicted octanol–water partition coefficient (Wildman–Crippen LogP) is 2.86. The summed E-state index contributed by atoms with van der Waals surface area (Å²) in [6, 6.07) is 10.2. The predicted molar refractivity (Wildman–Crippen MR) is 74.6 cm³/mol. The molecule has 2 rings (SSSR count). The Hall–Kier alpha value is -1.77. The maximum absolute atomic E-state index is 12.0. The first-order valence-corrected chi connectivity index (χ1v) is 6.23. The van der Waals surface area contributed by atoms with Gasteiger partial charge in [0.05, 0.1) is 0 Å². The van der Waals surface area contributed by atoms with Gasteiger partial charge in [-0.05, 0) is 45.2 Å². The molecule has 3 nitrogen and oxygen atoms in total. The topological polar surface area (TPSA) is 34.0 Å². The SMILES string of the molecule is Cc1cc2ccccc2n1CC(=O)NC(C)(C)C. The van der Waals surface area contributed by atoms with Crippen molar-refractivity contribution >= 4 is 16.8 Å². The number of hydrogen-bond donors (Lipinski definition) is 1. The highest BCUT2D eigenvalue weighted by atomic mass is 16.2. The van der Waals surface area contributed by atoms with E-state index in [4.69, 9.17) is 0 Å². The fourth-order valence-corrected chi connectivity index (χ4v) is 2.16. The van der Waals surface area contributed by atoms with Crippen molar-refractivity contribution in [1.82, 2.24) is 9.88 Å². The lowest BCUT2D eigenvalue weighted by atomic mass is 10.1. The summed E-state index contributed by atoms with van der Waals surface area (Å²) >= 11 is 0. The van der Waals surface area contributed by atoms with Crippen LogP contribution in [0.3, 0.4) is 0 Å². The molecule has 3 heteroatoms. The number of aromatic nitrogens is 1. The van der Waals surface area contributed by atoms with Gasteiger partial charge in [0.15, 0.2) is 0 Å². The molecular formula is C15H20N2O. The van der Waals surface area contributed by atoms with Crippen LogP contribution in [-0.4, -0.2) is 16.0 Å². The van der Waals surface area contributed by atoms with Gasteiger partial charge >= 0.3 is 0 Å². The Morgan fingerprint density at radius 1 is 1.28 bits per heavy atom. The molecule has 0 saturated heterocycles. The van der Waals surface area contributed by atoms with Gasteiger partial charge in [-0.3, -0.25) is 4.79 Å². The molecule has 2 aromatic rings. The number of aryl methyl sites for hydroxylation is 1. The maximum Gasteiger partial charge on any atom is 0.240 e. The minimum atomic E-state index is -0.187. The number of hydrogen-bond acceptors (Lipinski definition) is 1. The Morgan fingerprint density at radius 3 is 2.61 bits per heavy atom. The number of nitrogens with zero attached hydrogens (tertiary/aromatic N) is 1. The number of benzene rings is 1. The highest BCUT2D eigenvalue weighted by molar-refractivity contribution is 5.84. The van der Waals surface area contributed by atoms with Gasteiger partial charge in [0.1, 0.15) is 6.54 Å². The van der Waals surface area contributed by atoms with E-state index in [0.717, 1.165) is 11.2 Å². The van der Waals surface area contributed by atoms with Crippen molar-refractivity contribution in [3.05, 3.63) is 36.0 Å². The molecule has 18 heavy (non-hydrogen) atoms. The van der Waals surface area contributed by atoms with Crippen molar-refractivity contribution in [2.75, 3.05) is 0 Å². The first-order valence-electron chi connectivity index (χ1n) is 6.23. The van der Waals surface area contributed by atoms with Crippen molar-refractivity contribution in [3.63, 3.8) is 0 Å². The van der Waals surface area contributed by atoms with Crippen molar-refractivity contribution in [1.29, 1.82) is 0 Å². The van der Waals surface area contributed by atoms with Gasteiger partial charge in [0.2, 0.25) is 5.91 Å². The number of carbonyl (C=O) groups excluding carboxylic acids is 1. The van der Waals surface area contributed by atoms with Crippen LogP contribution in [0.5, 0.6) is 0 Å². The Balaban J connectivity index is 2.27. The quantitative estimate of drug-likeness (QED) is 0.866. The van der Waals surface area contributed by atoms with E-state index in [1.165, 1.54) is 5.39 Å². The fraction of sp³-hybridized carbons (Fsp3) is 0.400. The summed E-state index contributed by atoms with van der Waals surface area (Å²) < 4.78 is 2.05. The summed E-state index contributed by atoms with van der Waals surface area (Å²) in [4.78, 5) is 12.0. The van der Waals surface area contributed by atoms with Crippen LogP contribution in [0.25, 0.3) is 10.9 Å². The van der Waals surface area contributed by atoms with E-state index in [1.54, 1.807) is 0 Å². The Kier molecular flexibility index (Phi) is 3.16. The number of fused-ring (bicyclic) bond motifs is 1. The second-order valence-corrected chi connectivity index (χ2v) is 5.73. The minimum Gasteiger partial charge on any atom is -0.350 e. The van der Waals surface area contributed by atoms with Gasteiger partial charge in [-0.25, -0.2) is 0 Å². The van der Waals surface area contributed by atoms with Gasteiger partial charge in [-0.1, -0.05) is 18.2 Å². The van der Waals surface area contributed by atoms with Crippen LogP contribution in [-0.2, 0) is 11.3 Å². The standard InChI is InChI=1S/C15H20N2O/c1-11-9-12-7-5-6-8-13(12)17(11)10-14(18)16-15(2,3)4/h5-9H,10H2,1-4H3,(H,16,18). The van der Waals surface area contributed by atoms with Crippen LogP contribution >= 0.6 is 0 Å². The lowest BCUT2D eigenvalue weighted by Crippen LogP contribution is -2.42. The largest absolute Gasteiger partial charge is 0.350 e. The summed E-state index contributed by atoms with van der Waals surface area (Å²) in [5.41, 5.74) is 2.04. The van der Waals surface area contributed by atoms with Crippen LogP contribution in [0.2, 0.25) is 0 Å². The Morgan fingerprint density at radius 2 is 1.94 bits per heavy atom. The zero-order valence-electron chi connectivity index (χ0n) is 11.4. The van der Waals surface area contributed by atoms with E-state index in [2.05, 4.69) is 22.0 Å². The molecule has 1 N–H and O–H groups in total. The first-order chi connectivity index (χ1) is 8.37. The summed E-state index contributed by atoms with van der Waals surface area (Å²) in [5, 5.41) is 4.17. The molecule has 1 aromatic carbocycles. The second-order valence-electron chi connectivity index (χ2n) is 5.73. The van der Waals surface area contributed by atoms with Gasteiger partial charge in [0, 0.05) is 16.7 Å². The highest BCUT2D eigenvalue weighted by Crippen LogP contribution is 2.18. The molecule has 0 saturated carbocycles. The molecule has 0 atom stereocenters. The second kappa shape index (κ2) is 4.48. The minimum absolute atomic E-state index is 0.0481. The summed E-state index contributed by atoms with van der Waals surface area (Å²) in [5.74, 6) is 0.0481. The molecule has 0 radical (unpaired) electrons. The van der Waals surface area contributed by atoms with Crippen molar-refractivity contribution in [2.24, 2.45) is 0 Å². The van der Waals surface area contributed by atoms with Crippen LogP contribution < -0.4 is 5.32 Å². The lowest BCUT2D eigenvalue weighted by molar-refractivity contribution is -0.123. The smallest absolute Gasteiger partial charge is 0.240 e. The number of rotatable bonds is 2. The molecule has 1 amide bonds. The van der Waals surface area contributed by atoms with Crippen molar-refractivity contribution < 1.29 is 4.79 Å². The van der Waals surface area contributed by atoms with E-state index in [-0.39, 0.29) is 11.4 Å². The van der Waals surface area contributed by atoms with Crippen molar-refractivity contribution in [2.45, 2.75) is 39.8 Å². The highest BCUT2D eigenvalue weighted by Gasteiger charge is 2.15. The molecule has 0 aliphatic rings. The third kappa shape index (κ3) is 2.73. The Bertz CT molecular complexity index is 576. The molecule has 96 valence electrons. The number of carbonyl (C=O) groups is 1. The van der Waals surface area contributed by atoms with E-state index in [0.29, 0.717) is 6.54 Å². The summed E-state index contributed by atoms with van der Waals surface area (Å²) in [6.07, 6.45) is 0. The summed E-state index contributed by atoms with van der Waals surface area (Å²) in [6.45, 7) is 8.38. The van der Waals surface area contributed by atoms with Crippen LogP contribution in [0.4, 0.5) is 0 Å². The van der Waals surface area contributed by atoms with Crippen LogP contribution in [0.1, 0.15) is 26.5 Å². The van der Waals surface area contributed by atoms with Gasteiger partial charge in [0.25, 0.3) is 0 Å². The van der Waals surface area contributed by atoms with E-state index in [1.807, 2.05) is 45.9 Å². The lowest BCUT2D eigenvalue weighted by Gasteiger charge is -2.21. The fourth-order valence-electron chi connectivity index (χ4n) is 2.16. The average Bonchev–Trinajstić information content (AvgIpc) is 2.53. The summed E-state index contributed by atoms with van der Waals surface area (Å²) in [7, 11) is 0. The van der Waals surface area contributed by atoms with E-state index < -0.39 is 0 Å². The third-order valence-electron chi connectivity index (χ3n) is 2.83. The van der Waals surface area contributed by atoms with Gasteiger partial charge in [-0.2, -0.15) is 0 Å². The molecule has 1 aromatic heterocycles. The number of nitrogens with one attached hydrogen (secondary N) is 1. The van der Waals surface area contributed by atoms with E-state index in [9.17, 15) is 4.79 Å². The Labute approximate surface area is 108 Å². The normalized spacial score (nSPS) is 11.8.